The van der Waals surface area contributed by atoms with Crippen molar-refractivity contribution in [1.29, 1.82) is 0 Å². The van der Waals surface area contributed by atoms with E-state index in [1.165, 1.54) is 15.9 Å². The third kappa shape index (κ3) is 3.89. The summed E-state index contributed by atoms with van der Waals surface area (Å²) in [6, 6.07) is 13.9. The van der Waals surface area contributed by atoms with Crippen LogP contribution in [0.5, 0.6) is 5.75 Å². The molecule has 8 heteroatoms. The molecule has 1 unspecified atom stereocenters. The number of carbonyl (C=O) groups excluding carboxylic acids is 1. The van der Waals surface area contributed by atoms with Gasteiger partial charge in [-0.2, -0.15) is 0 Å². The summed E-state index contributed by atoms with van der Waals surface area (Å²) in [4.78, 5) is 31.5. The number of ether oxygens (including phenoxy) is 2. The van der Waals surface area contributed by atoms with Gasteiger partial charge in [-0.05, 0) is 37.6 Å². The monoisotopic (exact) mass is 468 g/mol. The van der Waals surface area contributed by atoms with Crippen molar-refractivity contribution < 1.29 is 14.3 Å². The summed E-state index contributed by atoms with van der Waals surface area (Å²) in [6.45, 7) is 3.69. The largest absolute Gasteiger partial charge is 0.496 e. The molecule has 0 bridgehead atoms. The van der Waals surface area contributed by atoms with Gasteiger partial charge in [0, 0.05) is 10.6 Å². The Labute approximate surface area is 193 Å². The molecule has 1 aliphatic rings. The Hall–Kier alpha value is -3.16. The number of hydrogen-bond acceptors (Lipinski definition) is 6. The smallest absolute Gasteiger partial charge is 0.338 e. The van der Waals surface area contributed by atoms with E-state index in [-0.39, 0.29) is 12.2 Å². The number of thiazole rings is 1. The molecule has 32 heavy (non-hydrogen) atoms. The second-order valence-electron chi connectivity index (χ2n) is 7.07. The molecule has 2 heterocycles. The van der Waals surface area contributed by atoms with Crippen LogP contribution in [0.15, 0.2) is 69.6 Å². The quantitative estimate of drug-likeness (QED) is 0.538. The first-order chi connectivity index (χ1) is 15.5. The van der Waals surface area contributed by atoms with E-state index in [1.54, 1.807) is 39.2 Å². The molecular formula is C24H21ClN2O4S. The Balaban J connectivity index is 1.99. The van der Waals surface area contributed by atoms with Crippen LogP contribution in [0.4, 0.5) is 0 Å². The van der Waals surface area contributed by atoms with E-state index in [2.05, 4.69) is 4.99 Å². The van der Waals surface area contributed by atoms with Crippen LogP contribution in [0.25, 0.3) is 6.08 Å². The van der Waals surface area contributed by atoms with Gasteiger partial charge in [0.2, 0.25) is 0 Å². The molecular weight excluding hydrogens is 448 g/mol. The Kier molecular flexibility index (Phi) is 6.30. The van der Waals surface area contributed by atoms with Gasteiger partial charge in [-0.1, -0.05) is 59.3 Å². The van der Waals surface area contributed by atoms with Crippen LogP contribution in [0.2, 0.25) is 5.02 Å². The van der Waals surface area contributed by atoms with Gasteiger partial charge in [0.25, 0.3) is 5.56 Å². The van der Waals surface area contributed by atoms with Gasteiger partial charge in [-0.3, -0.25) is 9.36 Å². The SMILES string of the molecule is CCOC(=O)C1=C(C)N=c2s/c(=C\c3ccccc3OC)c(=O)n2C1c1ccccc1Cl. The van der Waals surface area contributed by atoms with Crippen molar-refractivity contribution in [2.45, 2.75) is 19.9 Å². The van der Waals surface area contributed by atoms with Crippen LogP contribution in [0, 0.1) is 0 Å². The van der Waals surface area contributed by atoms with Gasteiger partial charge in [0.15, 0.2) is 4.80 Å². The van der Waals surface area contributed by atoms with Gasteiger partial charge in [0.1, 0.15) is 11.8 Å². The Bertz CT molecular complexity index is 1400. The van der Waals surface area contributed by atoms with Crippen molar-refractivity contribution in [1.82, 2.24) is 4.57 Å². The predicted molar refractivity (Wildman–Crippen MR) is 125 cm³/mol. The zero-order valence-corrected chi connectivity index (χ0v) is 19.4. The standard InChI is InChI=1S/C24H21ClN2O4S/c1-4-31-23(29)20-14(2)26-24-27(21(20)16-10-6-7-11-17(16)25)22(28)19(32-24)13-15-9-5-8-12-18(15)30-3/h5-13,21H,4H2,1-3H3/b19-13-. The van der Waals surface area contributed by atoms with Crippen molar-refractivity contribution in [3.63, 3.8) is 0 Å². The number of hydrogen-bond donors (Lipinski definition) is 0. The van der Waals surface area contributed by atoms with Crippen molar-refractivity contribution in [2.24, 2.45) is 4.99 Å². The van der Waals surface area contributed by atoms with Gasteiger partial charge < -0.3 is 9.47 Å². The molecule has 1 aliphatic heterocycles. The molecule has 1 atom stereocenters. The third-order valence-electron chi connectivity index (χ3n) is 5.14. The molecule has 0 saturated heterocycles. The average molecular weight is 469 g/mol. The van der Waals surface area contributed by atoms with Crippen LogP contribution < -0.4 is 19.6 Å². The van der Waals surface area contributed by atoms with Crippen molar-refractivity contribution >= 4 is 35.0 Å². The van der Waals surface area contributed by atoms with E-state index in [0.717, 1.165) is 5.56 Å². The first-order valence-electron chi connectivity index (χ1n) is 10.0. The van der Waals surface area contributed by atoms with Gasteiger partial charge in [0.05, 0.1) is 29.5 Å². The lowest BCUT2D eigenvalue weighted by molar-refractivity contribution is -0.139. The van der Waals surface area contributed by atoms with Crippen LogP contribution in [-0.4, -0.2) is 24.3 Å². The van der Waals surface area contributed by atoms with Crippen molar-refractivity contribution in [3.05, 3.63) is 95.6 Å². The molecule has 2 aromatic carbocycles. The molecule has 0 spiro atoms. The number of benzene rings is 2. The fourth-order valence-corrected chi connectivity index (χ4v) is 4.99. The highest BCUT2D eigenvalue weighted by Gasteiger charge is 2.34. The second-order valence-corrected chi connectivity index (χ2v) is 8.48. The molecule has 3 aromatic rings. The molecule has 0 fully saturated rings. The van der Waals surface area contributed by atoms with E-state index < -0.39 is 12.0 Å². The molecule has 0 radical (unpaired) electrons. The number of carbonyl (C=O) groups is 1. The van der Waals surface area contributed by atoms with Crippen molar-refractivity contribution in [2.75, 3.05) is 13.7 Å². The highest BCUT2D eigenvalue weighted by molar-refractivity contribution is 7.07. The summed E-state index contributed by atoms with van der Waals surface area (Å²) in [7, 11) is 1.58. The lowest BCUT2D eigenvalue weighted by atomic mass is 9.96. The maximum absolute atomic E-state index is 13.6. The number of nitrogens with zero attached hydrogens (tertiary/aromatic N) is 2. The Morgan fingerprint density at radius 1 is 1.22 bits per heavy atom. The molecule has 0 N–H and O–H groups in total. The van der Waals surface area contributed by atoms with Gasteiger partial charge >= 0.3 is 5.97 Å². The summed E-state index contributed by atoms with van der Waals surface area (Å²) in [5, 5.41) is 0.452. The molecule has 4 rings (SSSR count). The minimum absolute atomic E-state index is 0.211. The summed E-state index contributed by atoms with van der Waals surface area (Å²) >= 11 is 7.76. The first kappa shape index (κ1) is 22.0. The zero-order chi connectivity index (χ0) is 22.8. The summed E-state index contributed by atoms with van der Waals surface area (Å²) in [6.07, 6.45) is 1.77. The number of rotatable bonds is 5. The summed E-state index contributed by atoms with van der Waals surface area (Å²) in [5.74, 6) is 0.141. The number of aromatic nitrogens is 1. The number of esters is 1. The lowest BCUT2D eigenvalue weighted by Gasteiger charge is -2.25. The summed E-state index contributed by atoms with van der Waals surface area (Å²) < 4.78 is 12.7. The average Bonchev–Trinajstić information content (AvgIpc) is 3.08. The zero-order valence-electron chi connectivity index (χ0n) is 17.8. The molecule has 6 nitrogen and oxygen atoms in total. The van der Waals surface area contributed by atoms with Crippen LogP contribution in [0.1, 0.15) is 31.0 Å². The molecule has 0 aliphatic carbocycles. The molecule has 164 valence electrons. The highest BCUT2D eigenvalue weighted by Crippen LogP contribution is 2.34. The fraction of sp³-hybridized carbons (Fsp3) is 0.208. The Morgan fingerprint density at radius 3 is 2.66 bits per heavy atom. The topological polar surface area (TPSA) is 69.9 Å². The predicted octanol–water partition coefficient (Wildman–Crippen LogP) is 3.46. The normalized spacial score (nSPS) is 15.9. The molecule has 0 amide bonds. The number of allylic oxidation sites excluding steroid dienone is 1. The van der Waals surface area contributed by atoms with E-state index in [4.69, 9.17) is 21.1 Å². The van der Waals surface area contributed by atoms with E-state index in [0.29, 0.717) is 36.9 Å². The van der Waals surface area contributed by atoms with E-state index in [1.807, 2.05) is 36.4 Å². The van der Waals surface area contributed by atoms with Gasteiger partial charge in [-0.25, -0.2) is 9.79 Å². The summed E-state index contributed by atoms with van der Waals surface area (Å²) in [5.41, 5.74) is 1.95. The number of halogens is 1. The van der Waals surface area contributed by atoms with E-state index >= 15 is 0 Å². The van der Waals surface area contributed by atoms with Crippen molar-refractivity contribution in [3.8, 4) is 5.75 Å². The minimum Gasteiger partial charge on any atom is -0.496 e. The Morgan fingerprint density at radius 2 is 1.94 bits per heavy atom. The number of fused-ring (bicyclic) bond motifs is 1. The molecule has 1 aromatic heterocycles. The van der Waals surface area contributed by atoms with Crippen LogP contribution in [0.3, 0.4) is 0 Å². The second kappa shape index (κ2) is 9.14. The van der Waals surface area contributed by atoms with E-state index in [9.17, 15) is 9.59 Å². The first-order valence-corrected chi connectivity index (χ1v) is 11.2. The highest BCUT2D eigenvalue weighted by atomic mass is 35.5. The fourth-order valence-electron chi connectivity index (χ4n) is 3.71. The maximum atomic E-state index is 13.6. The number of para-hydroxylation sites is 1. The number of methoxy groups -OCH3 is 1. The molecule has 0 saturated carbocycles. The van der Waals surface area contributed by atoms with Crippen LogP contribution >= 0.6 is 22.9 Å². The van der Waals surface area contributed by atoms with Gasteiger partial charge in [-0.15, -0.1) is 0 Å². The van der Waals surface area contributed by atoms with Crippen LogP contribution in [-0.2, 0) is 9.53 Å². The third-order valence-corrected chi connectivity index (χ3v) is 6.47. The minimum atomic E-state index is -0.737. The maximum Gasteiger partial charge on any atom is 0.338 e. The lowest BCUT2D eigenvalue weighted by Crippen LogP contribution is -2.40.